The third kappa shape index (κ3) is 2.88. The minimum Gasteiger partial charge on any atom is -0.372 e. The molecule has 0 amide bonds. The van der Waals surface area contributed by atoms with Crippen molar-refractivity contribution >= 4 is 27.2 Å². The van der Waals surface area contributed by atoms with E-state index in [2.05, 4.69) is 57.9 Å². The normalized spacial score (nSPS) is 12.2. The van der Waals surface area contributed by atoms with Gasteiger partial charge in [0.05, 0.1) is 27.6 Å². The molecular formula is C20H17N3S. The second-order valence-corrected chi connectivity index (χ2v) is 6.66. The van der Waals surface area contributed by atoms with Crippen molar-refractivity contribution < 1.29 is 0 Å². The number of anilines is 1. The first-order chi connectivity index (χ1) is 11.8. The zero-order valence-corrected chi connectivity index (χ0v) is 14.1. The van der Waals surface area contributed by atoms with Crippen molar-refractivity contribution in [2.45, 2.75) is 13.0 Å². The van der Waals surface area contributed by atoms with Gasteiger partial charge < -0.3 is 5.32 Å². The lowest BCUT2D eigenvalue weighted by Crippen LogP contribution is -2.14. The van der Waals surface area contributed by atoms with Crippen molar-refractivity contribution in [1.82, 2.24) is 9.97 Å². The topological polar surface area (TPSA) is 37.8 Å². The van der Waals surface area contributed by atoms with Crippen LogP contribution < -0.4 is 5.32 Å². The summed E-state index contributed by atoms with van der Waals surface area (Å²) in [5.74, 6) is 0. The van der Waals surface area contributed by atoms with Gasteiger partial charge in [0, 0.05) is 12.4 Å². The van der Waals surface area contributed by atoms with Crippen LogP contribution in [0.1, 0.15) is 22.9 Å². The number of rotatable bonds is 4. The molecule has 0 saturated carbocycles. The predicted octanol–water partition coefficient (Wildman–Crippen LogP) is 5.20. The number of nitrogens with zero attached hydrogens (tertiary/aromatic N) is 2. The van der Waals surface area contributed by atoms with Crippen molar-refractivity contribution in [1.29, 1.82) is 0 Å². The number of nitrogens with one attached hydrogen (secondary N) is 1. The zero-order chi connectivity index (χ0) is 16.4. The average Bonchev–Trinajstić information content (AvgIpc) is 3.10. The highest BCUT2D eigenvalue weighted by Gasteiger charge is 2.17. The van der Waals surface area contributed by atoms with E-state index in [0.29, 0.717) is 0 Å². The van der Waals surface area contributed by atoms with Gasteiger partial charge in [-0.15, -0.1) is 11.3 Å². The third-order valence-electron chi connectivity index (χ3n) is 4.00. The zero-order valence-electron chi connectivity index (χ0n) is 13.3. The fourth-order valence-electron chi connectivity index (χ4n) is 2.87. The Labute approximate surface area is 145 Å². The Hall–Kier alpha value is -2.72. The molecule has 1 unspecified atom stereocenters. The van der Waals surface area contributed by atoms with Gasteiger partial charge in [0.1, 0.15) is 0 Å². The van der Waals surface area contributed by atoms with E-state index in [1.807, 2.05) is 36.7 Å². The number of benzene rings is 1. The highest BCUT2D eigenvalue weighted by Crippen LogP contribution is 2.32. The molecule has 4 heteroatoms. The quantitative estimate of drug-likeness (QED) is 0.558. The predicted molar refractivity (Wildman–Crippen MR) is 101 cm³/mol. The molecule has 4 aromatic rings. The number of fused-ring (bicyclic) bond motifs is 1. The maximum absolute atomic E-state index is 4.57. The molecule has 0 aliphatic carbocycles. The van der Waals surface area contributed by atoms with E-state index in [1.165, 1.54) is 15.8 Å². The Kier molecular flexibility index (Phi) is 3.97. The van der Waals surface area contributed by atoms with E-state index in [1.54, 1.807) is 11.3 Å². The van der Waals surface area contributed by atoms with Crippen LogP contribution in [-0.4, -0.2) is 9.97 Å². The number of thiophene rings is 1. The molecule has 1 atom stereocenters. The summed E-state index contributed by atoms with van der Waals surface area (Å²) in [4.78, 5) is 9.00. The number of aryl methyl sites for hydroxylation is 1. The Morgan fingerprint density at radius 1 is 0.958 bits per heavy atom. The van der Waals surface area contributed by atoms with Crippen molar-refractivity contribution in [2.75, 3.05) is 5.32 Å². The molecule has 3 aromatic heterocycles. The second kappa shape index (κ2) is 6.42. The molecule has 3 nitrogen and oxygen atoms in total. The molecule has 0 saturated heterocycles. The van der Waals surface area contributed by atoms with Crippen LogP contribution in [0.5, 0.6) is 0 Å². The Morgan fingerprint density at radius 3 is 2.75 bits per heavy atom. The van der Waals surface area contributed by atoms with Gasteiger partial charge in [-0.25, -0.2) is 0 Å². The fraction of sp³-hybridized carbons (Fsp3) is 0.100. The lowest BCUT2D eigenvalue weighted by molar-refractivity contribution is 0.887. The number of aromatic nitrogens is 2. The van der Waals surface area contributed by atoms with E-state index >= 15 is 0 Å². The smallest absolute Gasteiger partial charge is 0.0940 e. The molecule has 118 valence electrons. The van der Waals surface area contributed by atoms with E-state index in [0.717, 1.165) is 16.9 Å². The molecule has 0 radical (unpaired) electrons. The van der Waals surface area contributed by atoms with Crippen LogP contribution in [0.15, 0.2) is 72.4 Å². The first-order valence-corrected chi connectivity index (χ1v) is 8.75. The first-order valence-electron chi connectivity index (χ1n) is 7.87. The Bertz CT molecular complexity index is 963. The fourth-order valence-corrected chi connectivity index (χ4v) is 3.70. The average molecular weight is 331 g/mol. The summed E-state index contributed by atoms with van der Waals surface area (Å²) in [6.07, 6.45) is 3.69. The highest BCUT2D eigenvalue weighted by molar-refractivity contribution is 7.17. The van der Waals surface area contributed by atoms with Gasteiger partial charge in [-0.3, -0.25) is 9.97 Å². The van der Waals surface area contributed by atoms with Gasteiger partial charge in [0.2, 0.25) is 0 Å². The maximum atomic E-state index is 4.57. The van der Waals surface area contributed by atoms with E-state index < -0.39 is 0 Å². The van der Waals surface area contributed by atoms with Gasteiger partial charge in [-0.05, 0) is 42.1 Å². The van der Waals surface area contributed by atoms with Gasteiger partial charge >= 0.3 is 0 Å². The van der Waals surface area contributed by atoms with Crippen LogP contribution >= 0.6 is 11.3 Å². The lowest BCUT2D eigenvalue weighted by atomic mass is 10.0. The molecule has 1 N–H and O–H groups in total. The second-order valence-electron chi connectivity index (χ2n) is 5.74. The summed E-state index contributed by atoms with van der Waals surface area (Å²) in [7, 11) is 0. The van der Waals surface area contributed by atoms with E-state index in [9.17, 15) is 0 Å². The molecule has 0 bridgehead atoms. The Morgan fingerprint density at radius 2 is 1.92 bits per heavy atom. The number of hydrogen-bond donors (Lipinski definition) is 1. The molecule has 4 rings (SSSR count). The molecule has 0 aliphatic rings. The largest absolute Gasteiger partial charge is 0.372 e. The van der Waals surface area contributed by atoms with E-state index in [4.69, 9.17) is 0 Å². The van der Waals surface area contributed by atoms with Crippen LogP contribution in [0.3, 0.4) is 0 Å². The first kappa shape index (κ1) is 14.8. The summed E-state index contributed by atoms with van der Waals surface area (Å²) >= 11 is 1.70. The highest BCUT2D eigenvalue weighted by atomic mass is 32.1. The van der Waals surface area contributed by atoms with Crippen LogP contribution in [0.2, 0.25) is 0 Å². The van der Waals surface area contributed by atoms with Crippen molar-refractivity contribution in [3.63, 3.8) is 0 Å². The molecule has 0 aliphatic heterocycles. The van der Waals surface area contributed by atoms with Crippen molar-refractivity contribution in [3.05, 3.63) is 89.2 Å². The summed E-state index contributed by atoms with van der Waals surface area (Å²) < 4.78 is 1.17. The van der Waals surface area contributed by atoms with Gasteiger partial charge in [0.25, 0.3) is 0 Å². The maximum Gasteiger partial charge on any atom is 0.0940 e. The van der Waals surface area contributed by atoms with Crippen LogP contribution in [0.4, 0.5) is 5.69 Å². The SMILES string of the molecule is Cc1cccc(C(Nc2ccnc3ccsc23)c2ccccn2)c1. The summed E-state index contributed by atoms with van der Waals surface area (Å²) in [5, 5.41) is 5.75. The minimum atomic E-state index is -0.00111. The van der Waals surface area contributed by atoms with Crippen molar-refractivity contribution in [2.24, 2.45) is 0 Å². The van der Waals surface area contributed by atoms with Crippen LogP contribution in [0, 0.1) is 6.92 Å². The summed E-state index contributed by atoms with van der Waals surface area (Å²) in [6, 6.07) is 18.7. The molecule has 0 spiro atoms. The van der Waals surface area contributed by atoms with Gasteiger partial charge in [-0.2, -0.15) is 0 Å². The minimum absolute atomic E-state index is 0.00111. The molecule has 24 heavy (non-hydrogen) atoms. The molecule has 0 fully saturated rings. The standard InChI is InChI=1S/C20H17N3S/c1-14-5-4-6-15(13-14)19(16-7-2-3-10-21-16)23-18-8-11-22-17-9-12-24-20(17)18/h2-13,19H,1H3,(H,22,23). The number of hydrogen-bond acceptors (Lipinski definition) is 4. The Balaban J connectivity index is 1.80. The van der Waals surface area contributed by atoms with Gasteiger partial charge in [-0.1, -0.05) is 35.9 Å². The molecular weight excluding hydrogens is 314 g/mol. The lowest BCUT2D eigenvalue weighted by Gasteiger charge is -2.21. The van der Waals surface area contributed by atoms with Crippen LogP contribution in [0.25, 0.3) is 10.2 Å². The third-order valence-corrected chi connectivity index (χ3v) is 4.94. The van der Waals surface area contributed by atoms with Gasteiger partial charge in [0.15, 0.2) is 0 Å². The number of pyridine rings is 2. The van der Waals surface area contributed by atoms with Crippen LogP contribution in [-0.2, 0) is 0 Å². The van der Waals surface area contributed by atoms with E-state index in [-0.39, 0.29) is 6.04 Å². The summed E-state index contributed by atoms with van der Waals surface area (Å²) in [5.41, 5.74) is 5.56. The van der Waals surface area contributed by atoms with Crippen molar-refractivity contribution in [3.8, 4) is 0 Å². The molecule has 1 aromatic carbocycles. The monoisotopic (exact) mass is 331 g/mol. The molecule has 3 heterocycles. The summed E-state index contributed by atoms with van der Waals surface area (Å²) in [6.45, 7) is 2.11.